The van der Waals surface area contributed by atoms with Crippen molar-refractivity contribution in [2.75, 3.05) is 4.90 Å². The summed E-state index contributed by atoms with van der Waals surface area (Å²) in [5.41, 5.74) is 3.40. The van der Waals surface area contributed by atoms with Gasteiger partial charge in [-0.1, -0.05) is 72.3 Å². The minimum absolute atomic E-state index is 0.00876. The van der Waals surface area contributed by atoms with Crippen LogP contribution in [0.5, 0.6) is 0 Å². The maximum absolute atomic E-state index is 13.2. The van der Waals surface area contributed by atoms with Gasteiger partial charge in [-0.3, -0.25) is 14.7 Å². The van der Waals surface area contributed by atoms with Gasteiger partial charge < -0.3 is 5.11 Å². The molecule has 0 aliphatic carbocycles. The minimum Gasteiger partial charge on any atom is -0.392 e. The molecule has 1 amide bonds. The molecule has 30 heavy (non-hydrogen) atoms. The normalized spacial score (nSPS) is 16.6. The minimum atomic E-state index is -0.115. The second-order valence-electron chi connectivity index (χ2n) is 6.68. The lowest BCUT2D eigenvalue weighted by atomic mass is 10.1. The van der Waals surface area contributed by atoms with Crippen LogP contribution >= 0.6 is 23.4 Å². The van der Waals surface area contributed by atoms with Crippen molar-refractivity contribution in [2.24, 2.45) is 4.99 Å². The number of aliphatic hydroxyl groups is 1. The summed E-state index contributed by atoms with van der Waals surface area (Å²) >= 11 is 7.61. The van der Waals surface area contributed by atoms with Gasteiger partial charge in [0, 0.05) is 5.02 Å². The molecule has 4 rings (SSSR count). The van der Waals surface area contributed by atoms with Crippen molar-refractivity contribution >= 4 is 46.2 Å². The zero-order valence-corrected chi connectivity index (χ0v) is 17.6. The number of rotatable bonds is 5. The molecule has 4 nitrogen and oxygen atoms in total. The van der Waals surface area contributed by atoms with Crippen molar-refractivity contribution in [3.8, 4) is 0 Å². The van der Waals surface area contributed by atoms with Crippen LogP contribution in [0.4, 0.5) is 5.69 Å². The molecule has 3 aromatic rings. The van der Waals surface area contributed by atoms with Crippen LogP contribution in [0, 0.1) is 0 Å². The zero-order valence-electron chi connectivity index (χ0n) is 16.0. The number of hydrogen-bond donors (Lipinski definition) is 1. The Labute approximate surface area is 184 Å². The van der Waals surface area contributed by atoms with Gasteiger partial charge in [-0.2, -0.15) is 0 Å². The Morgan fingerprint density at radius 1 is 0.967 bits per heavy atom. The van der Waals surface area contributed by atoms with Crippen molar-refractivity contribution in [1.29, 1.82) is 0 Å². The second-order valence-corrected chi connectivity index (χ2v) is 8.09. The Morgan fingerprint density at radius 2 is 1.67 bits per heavy atom. The van der Waals surface area contributed by atoms with Gasteiger partial charge in [-0.25, -0.2) is 0 Å². The van der Waals surface area contributed by atoms with E-state index >= 15 is 0 Å². The van der Waals surface area contributed by atoms with Crippen LogP contribution in [0.3, 0.4) is 0 Å². The number of amides is 1. The summed E-state index contributed by atoms with van der Waals surface area (Å²) in [6, 6.07) is 24.5. The third-order valence-corrected chi connectivity index (χ3v) is 6.00. The van der Waals surface area contributed by atoms with Crippen LogP contribution in [0.15, 0.2) is 88.8 Å². The number of nitrogens with zero attached hydrogens (tertiary/aromatic N) is 2. The maximum Gasteiger partial charge on any atom is 0.271 e. The number of hydrogen-bond acceptors (Lipinski definition) is 4. The molecule has 0 unspecified atom stereocenters. The summed E-state index contributed by atoms with van der Waals surface area (Å²) in [5.74, 6) is -0.115. The fraction of sp³-hybridized carbons (Fsp3) is 0.0833. The summed E-state index contributed by atoms with van der Waals surface area (Å²) in [4.78, 5) is 20.1. The van der Waals surface area contributed by atoms with Gasteiger partial charge in [0.1, 0.15) is 0 Å². The Balaban J connectivity index is 1.68. The van der Waals surface area contributed by atoms with E-state index in [-0.39, 0.29) is 12.5 Å². The number of halogens is 1. The third kappa shape index (κ3) is 4.49. The van der Waals surface area contributed by atoms with E-state index in [0.29, 0.717) is 21.6 Å². The molecule has 0 atom stereocenters. The molecule has 0 radical (unpaired) electrons. The predicted molar refractivity (Wildman–Crippen MR) is 124 cm³/mol. The highest BCUT2D eigenvalue weighted by Gasteiger charge is 2.34. The van der Waals surface area contributed by atoms with Gasteiger partial charge >= 0.3 is 0 Å². The summed E-state index contributed by atoms with van der Waals surface area (Å²) < 4.78 is 0. The lowest BCUT2D eigenvalue weighted by molar-refractivity contribution is -0.113. The van der Waals surface area contributed by atoms with Crippen molar-refractivity contribution in [2.45, 2.75) is 13.2 Å². The highest BCUT2D eigenvalue weighted by molar-refractivity contribution is 8.19. The highest BCUT2D eigenvalue weighted by Crippen LogP contribution is 2.36. The van der Waals surface area contributed by atoms with Crippen LogP contribution in [0.1, 0.15) is 16.7 Å². The third-order valence-electron chi connectivity index (χ3n) is 4.62. The summed E-state index contributed by atoms with van der Waals surface area (Å²) in [6.07, 6.45) is 1.85. The first-order chi connectivity index (χ1) is 14.7. The van der Waals surface area contributed by atoms with Crippen LogP contribution in [0.2, 0.25) is 5.02 Å². The molecule has 1 heterocycles. The number of carbonyl (C=O) groups excluding carboxylic acids is 1. The standard InChI is InChI=1S/C24H19ClN2O2S/c25-21-9-5-4-6-19(21)15-26-24-27(20-7-2-1-3-8-20)23(29)22(30-24)14-17-10-12-18(16-28)13-11-17/h1-14,28H,15-16H2. The topological polar surface area (TPSA) is 52.9 Å². The summed E-state index contributed by atoms with van der Waals surface area (Å²) in [6.45, 7) is 0.377. The average Bonchev–Trinajstić information content (AvgIpc) is 3.09. The van der Waals surface area contributed by atoms with Crippen LogP contribution in [-0.4, -0.2) is 16.2 Å². The van der Waals surface area contributed by atoms with E-state index in [2.05, 4.69) is 0 Å². The number of amidine groups is 1. The molecule has 0 spiro atoms. The van der Waals surface area contributed by atoms with Gasteiger partial charge in [0.25, 0.3) is 5.91 Å². The molecule has 1 N–H and O–H groups in total. The second kappa shape index (κ2) is 9.30. The number of para-hydroxylation sites is 1. The molecule has 1 aliphatic rings. The number of thioether (sulfide) groups is 1. The van der Waals surface area contributed by atoms with Crippen LogP contribution in [-0.2, 0) is 17.9 Å². The molecule has 1 aliphatic heterocycles. The van der Waals surface area contributed by atoms with E-state index < -0.39 is 0 Å². The first-order valence-electron chi connectivity index (χ1n) is 9.42. The van der Waals surface area contributed by atoms with E-state index in [1.165, 1.54) is 11.8 Å². The molecular formula is C24H19ClN2O2S. The summed E-state index contributed by atoms with van der Waals surface area (Å²) in [5, 5.41) is 10.5. The number of carbonyl (C=O) groups is 1. The molecule has 1 fully saturated rings. The van der Waals surface area contributed by atoms with Gasteiger partial charge in [0.15, 0.2) is 5.17 Å². The van der Waals surface area contributed by atoms with Crippen LogP contribution in [0.25, 0.3) is 6.08 Å². The lowest BCUT2D eigenvalue weighted by Gasteiger charge is -2.15. The predicted octanol–water partition coefficient (Wildman–Crippen LogP) is 5.51. The van der Waals surface area contributed by atoms with Crippen molar-refractivity contribution < 1.29 is 9.90 Å². The highest BCUT2D eigenvalue weighted by atomic mass is 35.5. The zero-order chi connectivity index (χ0) is 20.9. The van der Waals surface area contributed by atoms with Gasteiger partial charge in [-0.05, 0) is 52.7 Å². The van der Waals surface area contributed by atoms with E-state index in [0.717, 1.165) is 22.4 Å². The molecule has 0 bridgehead atoms. The fourth-order valence-electron chi connectivity index (χ4n) is 3.03. The van der Waals surface area contributed by atoms with Gasteiger partial charge in [-0.15, -0.1) is 0 Å². The molecule has 6 heteroatoms. The molecule has 3 aromatic carbocycles. The van der Waals surface area contributed by atoms with Gasteiger partial charge in [0.2, 0.25) is 0 Å². The number of anilines is 1. The first kappa shape index (κ1) is 20.4. The molecule has 1 saturated heterocycles. The van der Waals surface area contributed by atoms with E-state index in [4.69, 9.17) is 16.6 Å². The van der Waals surface area contributed by atoms with E-state index in [9.17, 15) is 9.90 Å². The smallest absolute Gasteiger partial charge is 0.271 e. The van der Waals surface area contributed by atoms with Crippen molar-refractivity contribution in [3.63, 3.8) is 0 Å². The Kier molecular flexibility index (Phi) is 6.33. The lowest BCUT2D eigenvalue weighted by Crippen LogP contribution is -2.28. The van der Waals surface area contributed by atoms with Crippen LogP contribution < -0.4 is 4.90 Å². The van der Waals surface area contributed by atoms with Crippen molar-refractivity contribution in [1.82, 2.24) is 0 Å². The quantitative estimate of drug-likeness (QED) is 0.539. The van der Waals surface area contributed by atoms with Crippen molar-refractivity contribution in [3.05, 3.63) is 105 Å². The molecule has 0 aromatic heterocycles. The number of benzene rings is 3. The number of aliphatic imine (C=N–C) groups is 1. The Morgan fingerprint density at radius 3 is 2.37 bits per heavy atom. The maximum atomic E-state index is 13.2. The molecule has 0 saturated carbocycles. The van der Waals surface area contributed by atoms with E-state index in [1.54, 1.807) is 4.90 Å². The van der Waals surface area contributed by atoms with Gasteiger partial charge in [0.05, 0.1) is 23.7 Å². The Bertz CT molecular complexity index is 1110. The first-order valence-corrected chi connectivity index (χ1v) is 10.6. The molecular weight excluding hydrogens is 416 g/mol. The summed E-state index contributed by atoms with van der Waals surface area (Å²) in [7, 11) is 0. The number of aliphatic hydroxyl groups excluding tert-OH is 1. The van der Waals surface area contributed by atoms with E-state index in [1.807, 2.05) is 84.9 Å². The monoisotopic (exact) mass is 434 g/mol. The molecule has 150 valence electrons. The SMILES string of the molecule is O=C1C(=Cc2ccc(CO)cc2)SC(=NCc2ccccc2Cl)N1c1ccccc1. The fourth-order valence-corrected chi connectivity index (χ4v) is 4.21. The Hall–Kier alpha value is -2.86. The average molecular weight is 435 g/mol. The largest absolute Gasteiger partial charge is 0.392 e.